The van der Waals surface area contributed by atoms with Crippen LogP contribution < -0.4 is 5.32 Å². The highest BCUT2D eigenvalue weighted by Crippen LogP contribution is 2.21. The topological polar surface area (TPSA) is 52.6 Å². The van der Waals surface area contributed by atoms with Crippen LogP contribution in [0.3, 0.4) is 0 Å². The third-order valence-corrected chi connectivity index (χ3v) is 3.52. The number of carbonyl (C=O) groups is 1. The van der Waals surface area contributed by atoms with Crippen molar-refractivity contribution in [1.29, 1.82) is 0 Å². The molecule has 1 saturated heterocycles. The van der Waals surface area contributed by atoms with Gasteiger partial charge >= 0.3 is 0 Å². The monoisotopic (exact) mass is 248 g/mol. The number of piperazine rings is 1. The largest absolute Gasteiger partial charge is 0.508 e. The number of carbonyl (C=O) groups excluding carboxylic acids is 1. The number of aryl methyl sites for hydroxylation is 1. The second-order valence-corrected chi connectivity index (χ2v) is 5.07. The Morgan fingerprint density at radius 1 is 1.33 bits per heavy atom. The van der Waals surface area contributed by atoms with Crippen molar-refractivity contribution in [3.63, 3.8) is 0 Å². The number of hydrogen-bond acceptors (Lipinski definition) is 3. The van der Waals surface area contributed by atoms with Crippen molar-refractivity contribution in [2.75, 3.05) is 13.1 Å². The van der Waals surface area contributed by atoms with Crippen LogP contribution in [0.2, 0.25) is 0 Å². The molecule has 1 fully saturated rings. The highest BCUT2D eigenvalue weighted by Gasteiger charge is 2.29. The first-order chi connectivity index (χ1) is 8.50. The molecule has 0 bridgehead atoms. The number of rotatable bonds is 1. The van der Waals surface area contributed by atoms with Crippen molar-refractivity contribution < 1.29 is 9.90 Å². The first kappa shape index (κ1) is 12.9. The Kier molecular flexibility index (Phi) is 3.57. The van der Waals surface area contributed by atoms with Crippen LogP contribution in [0, 0.1) is 6.92 Å². The van der Waals surface area contributed by atoms with Crippen LogP contribution in [-0.2, 0) is 0 Å². The van der Waals surface area contributed by atoms with Gasteiger partial charge in [-0.3, -0.25) is 4.79 Å². The van der Waals surface area contributed by atoms with Crippen molar-refractivity contribution in [2.24, 2.45) is 0 Å². The second kappa shape index (κ2) is 4.98. The minimum Gasteiger partial charge on any atom is -0.508 e. The summed E-state index contributed by atoms with van der Waals surface area (Å²) in [4.78, 5) is 14.4. The average Bonchev–Trinajstić information content (AvgIpc) is 2.32. The zero-order chi connectivity index (χ0) is 13.3. The molecule has 1 aromatic carbocycles. The fourth-order valence-corrected chi connectivity index (χ4v) is 2.42. The molecular weight excluding hydrogens is 228 g/mol. The summed E-state index contributed by atoms with van der Waals surface area (Å²) < 4.78 is 0. The maximum atomic E-state index is 12.5. The summed E-state index contributed by atoms with van der Waals surface area (Å²) in [6.07, 6.45) is 0. The van der Waals surface area contributed by atoms with E-state index in [0.717, 1.165) is 18.7 Å². The van der Waals surface area contributed by atoms with Gasteiger partial charge in [0.1, 0.15) is 5.75 Å². The summed E-state index contributed by atoms with van der Waals surface area (Å²) in [5.74, 6) is 0.170. The van der Waals surface area contributed by atoms with Gasteiger partial charge < -0.3 is 15.3 Å². The van der Waals surface area contributed by atoms with Crippen LogP contribution in [0.1, 0.15) is 29.8 Å². The third kappa shape index (κ3) is 2.34. The highest BCUT2D eigenvalue weighted by molar-refractivity contribution is 5.95. The Morgan fingerprint density at radius 2 is 1.94 bits per heavy atom. The lowest BCUT2D eigenvalue weighted by Crippen LogP contribution is -2.57. The van der Waals surface area contributed by atoms with Gasteiger partial charge in [0.15, 0.2) is 0 Å². The predicted molar refractivity (Wildman–Crippen MR) is 70.8 cm³/mol. The van der Waals surface area contributed by atoms with Gasteiger partial charge in [0, 0.05) is 30.7 Å². The van der Waals surface area contributed by atoms with Gasteiger partial charge in [-0.2, -0.15) is 0 Å². The van der Waals surface area contributed by atoms with Gasteiger partial charge in [0.05, 0.1) is 0 Å². The van der Waals surface area contributed by atoms with E-state index in [2.05, 4.69) is 5.32 Å². The lowest BCUT2D eigenvalue weighted by Gasteiger charge is -2.39. The van der Waals surface area contributed by atoms with Crippen molar-refractivity contribution in [1.82, 2.24) is 10.2 Å². The molecule has 2 atom stereocenters. The molecular formula is C14H20N2O2. The first-order valence-electron chi connectivity index (χ1n) is 6.33. The number of nitrogens with one attached hydrogen (secondary N) is 1. The number of phenolic OH excluding ortho intramolecular Hbond substituents is 1. The minimum atomic E-state index is -0.00759. The predicted octanol–water partition coefficient (Wildman–Crippen LogP) is 1.52. The van der Waals surface area contributed by atoms with E-state index in [9.17, 15) is 9.90 Å². The van der Waals surface area contributed by atoms with Crippen molar-refractivity contribution >= 4 is 5.91 Å². The molecule has 0 spiro atoms. The molecule has 2 rings (SSSR count). The van der Waals surface area contributed by atoms with E-state index < -0.39 is 0 Å². The average molecular weight is 248 g/mol. The lowest BCUT2D eigenvalue weighted by molar-refractivity contribution is 0.0544. The summed E-state index contributed by atoms with van der Waals surface area (Å²) in [6, 6.07) is 5.45. The SMILES string of the molecule is Cc1ccc(C(=O)N2C(C)CNCC2C)cc1O. The van der Waals surface area contributed by atoms with Gasteiger partial charge in [-0.15, -0.1) is 0 Å². The molecule has 0 saturated carbocycles. The Hall–Kier alpha value is -1.55. The second-order valence-electron chi connectivity index (χ2n) is 5.07. The molecule has 0 radical (unpaired) electrons. The summed E-state index contributed by atoms with van der Waals surface area (Å²) in [7, 11) is 0. The Balaban J connectivity index is 2.26. The summed E-state index contributed by atoms with van der Waals surface area (Å²) in [5.41, 5.74) is 1.34. The van der Waals surface area contributed by atoms with Crippen LogP contribution in [0.25, 0.3) is 0 Å². The lowest BCUT2D eigenvalue weighted by atomic mass is 10.1. The summed E-state index contributed by atoms with van der Waals surface area (Å²) in [5, 5.41) is 13.0. The molecule has 2 N–H and O–H groups in total. The molecule has 0 aliphatic carbocycles. The molecule has 2 unspecified atom stereocenters. The zero-order valence-electron chi connectivity index (χ0n) is 11.1. The van der Waals surface area contributed by atoms with Crippen molar-refractivity contribution in [3.05, 3.63) is 29.3 Å². The van der Waals surface area contributed by atoms with Crippen LogP contribution in [0.15, 0.2) is 18.2 Å². The van der Waals surface area contributed by atoms with Crippen LogP contribution in [-0.4, -0.2) is 41.1 Å². The van der Waals surface area contributed by atoms with E-state index in [1.165, 1.54) is 0 Å². The van der Waals surface area contributed by atoms with E-state index in [0.29, 0.717) is 5.56 Å². The van der Waals surface area contributed by atoms with Crippen molar-refractivity contribution in [2.45, 2.75) is 32.9 Å². The summed E-state index contributed by atoms with van der Waals surface area (Å²) >= 11 is 0. The molecule has 1 aromatic rings. The van der Waals surface area contributed by atoms with E-state index in [-0.39, 0.29) is 23.7 Å². The van der Waals surface area contributed by atoms with Gasteiger partial charge in [-0.25, -0.2) is 0 Å². The van der Waals surface area contributed by atoms with E-state index in [1.807, 2.05) is 25.7 Å². The Bertz CT molecular complexity index is 449. The van der Waals surface area contributed by atoms with Crippen LogP contribution >= 0.6 is 0 Å². The van der Waals surface area contributed by atoms with Gasteiger partial charge in [0.25, 0.3) is 5.91 Å². The van der Waals surface area contributed by atoms with Crippen LogP contribution in [0.5, 0.6) is 5.75 Å². The van der Waals surface area contributed by atoms with Gasteiger partial charge in [-0.05, 0) is 38.5 Å². The van der Waals surface area contributed by atoms with E-state index in [4.69, 9.17) is 0 Å². The molecule has 1 amide bonds. The molecule has 1 heterocycles. The normalized spacial score (nSPS) is 24.1. The molecule has 0 aromatic heterocycles. The number of hydrogen-bond donors (Lipinski definition) is 2. The van der Waals surface area contributed by atoms with E-state index >= 15 is 0 Å². The fraction of sp³-hybridized carbons (Fsp3) is 0.500. The highest BCUT2D eigenvalue weighted by atomic mass is 16.3. The summed E-state index contributed by atoms with van der Waals surface area (Å²) in [6.45, 7) is 7.52. The number of benzene rings is 1. The van der Waals surface area contributed by atoms with E-state index in [1.54, 1.807) is 18.2 Å². The first-order valence-corrected chi connectivity index (χ1v) is 6.33. The Labute approximate surface area is 108 Å². The maximum Gasteiger partial charge on any atom is 0.254 e. The van der Waals surface area contributed by atoms with Crippen LogP contribution in [0.4, 0.5) is 0 Å². The molecule has 1 aliphatic heterocycles. The van der Waals surface area contributed by atoms with Gasteiger partial charge in [-0.1, -0.05) is 6.07 Å². The zero-order valence-corrected chi connectivity index (χ0v) is 11.1. The number of aromatic hydroxyl groups is 1. The van der Waals surface area contributed by atoms with Crippen molar-refractivity contribution in [3.8, 4) is 5.75 Å². The quantitative estimate of drug-likeness (QED) is 0.792. The molecule has 4 heteroatoms. The molecule has 1 aliphatic rings. The smallest absolute Gasteiger partial charge is 0.254 e. The molecule has 98 valence electrons. The molecule has 18 heavy (non-hydrogen) atoms. The minimum absolute atomic E-state index is 0.00759. The number of phenols is 1. The van der Waals surface area contributed by atoms with Gasteiger partial charge in [0.2, 0.25) is 0 Å². The maximum absolute atomic E-state index is 12.5. The standard InChI is InChI=1S/C14H20N2O2/c1-9-4-5-12(6-13(9)17)14(18)16-10(2)7-15-8-11(16)3/h4-6,10-11,15,17H,7-8H2,1-3H3. The number of amides is 1. The fourth-order valence-electron chi connectivity index (χ4n) is 2.42. The number of nitrogens with zero attached hydrogens (tertiary/aromatic N) is 1. The Morgan fingerprint density at radius 3 is 2.50 bits per heavy atom. The molecule has 4 nitrogen and oxygen atoms in total. The third-order valence-electron chi connectivity index (χ3n) is 3.52.